The minimum absolute atomic E-state index is 0.458. The van der Waals surface area contributed by atoms with E-state index in [0.717, 1.165) is 19.3 Å². The minimum Gasteiger partial charge on any atom is -0.299 e. The summed E-state index contributed by atoms with van der Waals surface area (Å²) in [4.78, 5) is 10.6. The molecule has 0 atom stereocenters. The van der Waals surface area contributed by atoms with Gasteiger partial charge in [-0.05, 0) is 12.8 Å². The zero-order valence-corrected chi connectivity index (χ0v) is 4.61. The molecule has 40 valence electrons. The van der Waals surface area contributed by atoms with E-state index in [1.54, 1.807) is 0 Å². The van der Waals surface area contributed by atoms with Gasteiger partial charge in [-0.2, -0.15) is 0 Å². The summed E-state index contributed by atoms with van der Waals surface area (Å²) in [6.45, 7) is 1.93. The van der Waals surface area contributed by atoms with Gasteiger partial charge in [0.1, 0.15) is 5.78 Å². The summed E-state index contributed by atoms with van der Waals surface area (Å²) in [6, 6.07) is 0. The Morgan fingerprint density at radius 3 is 2.43 bits per heavy atom. The Bertz CT molecular complexity index is 82.2. The summed E-state index contributed by atoms with van der Waals surface area (Å²) in [6.07, 6.45) is 3.06. The maximum atomic E-state index is 10.6. The molecule has 0 aliphatic heterocycles. The van der Waals surface area contributed by atoms with Crippen LogP contribution in [-0.4, -0.2) is 5.78 Å². The Kier molecular flexibility index (Phi) is 1.13. The molecule has 1 aliphatic carbocycles. The second-order valence-corrected chi connectivity index (χ2v) is 2.09. The van der Waals surface area contributed by atoms with Crippen LogP contribution < -0.4 is 0 Å². The fraction of sp³-hybridized carbons (Fsp3) is 0.833. The van der Waals surface area contributed by atoms with E-state index < -0.39 is 0 Å². The van der Waals surface area contributed by atoms with E-state index in [9.17, 15) is 4.79 Å². The van der Waals surface area contributed by atoms with E-state index in [2.05, 4.69) is 0 Å². The fourth-order valence-electron chi connectivity index (χ4n) is 0.694. The Morgan fingerprint density at radius 2 is 2.29 bits per heavy atom. The Labute approximate surface area is 43.7 Å². The zero-order valence-electron chi connectivity index (χ0n) is 4.61. The van der Waals surface area contributed by atoms with Crippen molar-refractivity contribution < 1.29 is 4.79 Å². The molecule has 1 nitrogen and oxygen atoms in total. The molecule has 0 aromatic heterocycles. The molecule has 7 heavy (non-hydrogen) atoms. The van der Waals surface area contributed by atoms with Gasteiger partial charge in [-0.1, -0.05) is 6.92 Å². The molecule has 0 aromatic rings. The van der Waals surface area contributed by atoms with Crippen molar-refractivity contribution in [2.75, 3.05) is 0 Å². The highest BCUT2D eigenvalue weighted by molar-refractivity contribution is 5.82. The van der Waals surface area contributed by atoms with Crippen LogP contribution in [0.2, 0.25) is 0 Å². The van der Waals surface area contributed by atoms with E-state index in [1.165, 1.54) is 0 Å². The van der Waals surface area contributed by atoms with Crippen LogP contribution >= 0.6 is 0 Å². The van der Waals surface area contributed by atoms with Gasteiger partial charge >= 0.3 is 0 Å². The van der Waals surface area contributed by atoms with Crippen LogP contribution in [0.1, 0.15) is 26.2 Å². The number of carbonyl (C=O) groups is 1. The van der Waals surface area contributed by atoms with Gasteiger partial charge in [0.2, 0.25) is 0 Å². The van der Waals surface area contributed by atoms with Crippen molar-refractivity contribution in [1.29, 1.82) is 0 Å². The first-order valence-corrected chi connectivity index (χ1v) is 2.87. The molecular weight excluding hydrogens is 88.1 g/mol. The highest BCUT2D eigenvalue weighted by atomic mass is 16.1. The molecule has 1 rings (SSSR count). The smallest absolute Gasteiger partial charge is 0.135 e. The van der Waals surface area contributed by atoms with Crippen molar-refractivity contribution in [1.82, 2.24) is 0 Å². The van der Waals surface area contributed by atoms with Crippen LogP contribution in [0, 0.1) is 5.92 Å². The molecule has 0 unspecified atom stereocenters. The summed E-state index contributed by atoms with van der Waals surface area (Å²) in [5.41, 5.74) is 0. The lowest BCUT2D eigenvalue weighted by molar-refractivity contribution is -0.119. The molecule has 1 heteroatoms. The van der Waals surface area contributed by atoms with E-state index in [4.69, 9.17) is 0 Å². The van der Waals surface area contributed by atoms with Crippen LogP contribution in [0.3, 0.4) is 0 Å². The summed E-state index contributed by atoms with van der Waals surface area (Å²) in [5, 5.41) is 0. The van der Waals surface area contributed by atoms with Crippen molar-refractivity contribution in [3.63, 3.8) is 0 Å². The first kappa shape index (κ1) is 4.82. The van der Waals surface area contributed by atoms with Crippen molar-refractivity contribution >= 4 is 5.78 Å². The zero-order chi connectivity index (χ0) is 5.28. The second kappa shape index (κ2) is 1.65. The maximum Gasteiger partial charge on any atom is 0.135 e. The van der Waals surface area contributed by atoms with Crippen LogP contribution in [0.25, 0.3) is 0 Å². The van der Waals surface area contributed by atoms with Crippen molar-refractivity contribution in [3.05, 3.63) is 0 Å². The first-order chi connectivity index (χ1) is 3.34. The average molecular weight is 98.1 g/mol. The second-order valence-electron chi connectivity index (χ2n) is 2.09. The molecule has 1 saturated carbocycles. The Hall–Kier alpha value is -0.330. The van der Waals surface area contributed by atoms with E-state index in [0.29, 0.717) is 11.7 Å². The van der Waals surface area contributed by atoms with Gasteiger partial charge in [0, 0.05) is 12.3 Å². The summed E-state index contributed by atoms with van der Waals surface area (Å²) < 4.78 is 0. The van der Waals surface area contributed by atoms with E-state index in [1.807, 2.05) is 6.92 Å². The van der Waals surface area contributed by atoms with Gasteiger partial charge in [-0.3, -0.25) is 4.79 Å². The standard InChI is InChI=1S/C6H10O/c1-2-6(7)5-3-4-5/h5H,2-4H2,1H3. The van der Waals surface area contributed by atoms with E-state index >= 15 is 0 Å². The summed E-state index contributed by atoms with van der Waals surface area (Å²) in [5.74, 6) is 0.935. The van der Waals surface area contributed by atoms with Gasteiger partial charge in [0.25, 0.3) is 0 Å². The average Bonchev–Trinajstić information content (AvgIpc) is 2.44. The molecule has 0 heterocycles. The molecule has 0 N–H and O–H groups in total. The number of ketones is 1. The summed E-state index contributed by atoms with van der Waals surface area (Å²) in [7, 11) is 0. The van der Waals surface area contributed by atoms with Crippen molar-refractivity contribution in [2.24, 2.45) is 5.92 Å². The highest BCUT2D eigenvalue weighted by Crippen LogP contribution is 2.30. The molecule has 1 fully saturated rings. The molecule has 0 radical (unpaired) electrons. The van der Waals surface area contributed by atoms with Crippen LogP contribution in [-0.2, 0) is 4.79 Å². The molecule has 0 spiro atoms. The van der Waals surface area contributed by atoms with Crippen LogP contribution in [0.15, 0.2) is 0 Å². The number of hydrogen-bond acceptors (Lipinski definition) is 1. The molecular formula is C6H10O. The monoisotopic (exact) mass is 98.1 g/mol. The fourth-order valence-corrected chi connectivity index (χ4v) is 0.694. The molecule has 0 bridgehead atoms. The Morgan fingerprint density at radius 1 is 1.71 bits per heavy atom. The third-order valence-corrected chi connectivity index (χ3v) is 1.38. The van der Waals surface area contributed by atoms with Crippen LogP contribution in [0.5, 0.6) is 0 Å². The maximum absolute atomic E-state index is 10.6. The molecule has 0 amide bonds. The van der Waals surface area contributed by atoms with Crippen LogP contribution in [0.4, 0.5) is 0 Å². The van der Waals surface area contributed by atoms with Crippen molar-refractivity contribution in [2.45, 2.75) is 26.2 Å². The van der Waals surface area contributed by atoms with Gasteiger partial charge in [0.15, 0.2) is 0 Å². The van der Waals surface area contributed by atoms with Crippen molar-refractivity contribution in [3.8, 4) is 0 Å². The summed E-state index contributed by atoms with van der Waals surface area (Å²) >= 11 is 0. The molecule has 0 aromatic carbocycles. The largest absolute Gasteiger partial charge is 0.299 e. The Balaban J connectivity index is 2.24. The van der Waals surface area contributed by atoms with E-state index in [-0.39, 0.29) is 0 Å². The lowest BCUT2D eigenvalue weighted by atomic mass is 10.2. The SMILES string of the molecule is CCC(=O)C1CC1. The first-order valence-electron chi connectivity index (χ1n) is 2.87. The van der Waals surface area contributed by atoms with Gasteiger partial charge in [-0.15, -0.1) is 0 Å². The third-order valence-electron chi connectivity index (χ3n) is 1.38. The molecule has 1 aliphatic rings. The lowest BCUT2D eigenvalue weighted by Gasteiger charge is -1.84. The number of Topliss-reactive ketones (excluding diaryl/α,β-unsaturated/α-hetero) is 1. The minimum atomic E-state index is 0.458. The molecule has 0 saturated heterocycles. The number of rotatable bonds is 2. The lowest BCUT2D eigenvalue weighted by Crippen LogP contribution is -1.95. The predicted octanol–water partition coefficient (Wildman–Crippen LogP) is 1.38. The normalized spacial score (nSPS) is 19.6. The number of hydrogen-bond donors (Lipinski definition) is 0. The highest BCUT2D eigenvalue weighted by Gasteiger charge is 2.27. The topological polar surface area (TPSA) is 17.1 Å². The third kappa shape index (κ3) is 1.02. The number of carbonyl (C=O) groups excluding carboxylic acids is 1. The quantitative estimate of drug-likeness (QED) is 0.510. The van der Waals surface area contributed by atoms with Gasteiger partial charge in [-0.25, -0.2) is 0 Å². The predicted molar refractivity (Wildman–Crippen MR) is 28.0 cm³/mol. The van der Waals surface area contributed by atoms with Gasteiger partial charge in [0.05, 0.1) is 0 Å². The van der Waals surface area contributed by atoms with Gasteiger partial charge < -0.3 is 0 Å².